The Labute approximate surface area is 218 Å². The topological polar surface area (TPSA) is 6.25 Å². The Kier molecular flexibility index (Phi) is 7.59. The Balaban J connectivity index is 2.24. The minimum Gasteiger partial charge on any atom is -0.364 e. The minimum atomic E-state index is -1.38. The van der Waals surface area contributed by atoms with Gasteiger partial charge in [-0.05, 0) is 55.4 Å². The number of hydrogen-bond donors (Lipinski definition) is 0. The Morgan fingerprint density at radius 1 is 0.528 bits per heavy atom. The fourth-order valence-electron chi connectivity index (χ4n) is 6.64. The smallest absolute Gasteiger partial charge is 0.188 e. The van der Waals surface area contributed by atoms with E-state index in [1.54, 1.807) is 0 Å². The Morgan fingerprint density at radius 3 is 1.14 bits per heavy atom. The van der Waals surface area contributed by atoms with Gasteiger partial charge in [0.1, 0.15) is 18.2 Å². The summed E-state index contributed by atoms with van der Waals surface area (Å²) in [7, 11) is 0. The van der Waals surface area contributed by atoms with Gasteiger partial charge in [0, 0.05) is 12.1 Å². The number of benzene rings is 3. The van der Waals surface area contributed by atoms with Crippen molar-refractivity contribution in [3.63, 3.8) is 0 Å². The first-order valence-electron chi connectivity index (χ1n) is 13.7. The molecule has 0 spiro atoms. The lowest BCUT2D eigenvalue weighted by atomic mass is 9.14. The molecular weight excluding hydrogens is 435 g/mol. The summed E-state index contributed by atoms with van der Waals surface area (Å²) in [6, 6.07) is 35.3. The first-order chi connectivity index (χ1) is 17.2. The zero-order valence-electron chi connectivity index (χ0n) is 23.4. The van der Waals surface area contributed by atoms with Crippen LogP contribution in [-0.4, -0.2) is 30.3 Å². The lowest BCUT2D eigenvalue weighted by Crippen LogP contribution is -2.74. The van der Waals surface area contributed by atoms with Crippen molar-refractivity contribution < 1.29 is 0 Å². The van der Waals surface area contributed by atoms with Crippen molar-refractivity contribution in [1.82, 2.24) is 4.58 Å². The van der Waals surface area contributed by atoms with Crippen LogP contribution in [0.5, 0.6) is 0 Å². The van der Waals surface area contributed by atoms with Crippen LogP contribution < -0.4 is 36.7 Å². The predicted molar refractivity (Wildman–Crippen MR) is 161 cm³/mol. The third kappa shape index (κ3) is 4.45. The molecule has 0 unspecified atom stereocenters. The molecule has 188 valence electrons. The van der Waals surface area contributed by atoms with Crippen LogP contribution in [0.3, 0.4) is 0 Å². The molecular formula is C33H43BN2. The molecule has 0 aliphatic heterocycles. The van der Waals surface area contributed by atoms with Crippen molar-refractivity contribution in [2.45, 2.75) is 79.6 Å². The average Bonchev–Trinajstić information content (AvgIpc) is 3.54. The first-order valence-corrected chi connectivity index (χ1v) is 13.7. The van der Waals surface area contributed by atoms with Gasteiger partial charge >= 0.3 is 0 Å². The molecule has 36 heavy (non-hydrogen) atoms. The van der Waals surface area contributed by atoms with Gasteiger partial charge in [-0.1, -0.05) is 96.5 Å². The number of hydrogen-bond acceptors (Lipinski definition) is 1. The fourth-order valence-corrected chi connectivity index (χ4v) is 6.64. The number of rotatable bonds is 9. The number of nitrogens with zero attached hydrogens (tertiary/aromatic N) is 2. The highest BCUT2D eigenvalue weighted by molar-refractivity contribution is 7.21. The lowest BCUT2D eigenvalue weighted by Gasteiger charge is -2.41. The van der Waals surface area contributed by atoms with E-state index in [2.05, 4.69) is 156 Å². The molecule has 0 saturated carbocycles. The molecule has 0 N–H and O–H groups in total. The van der Waals surface area contributed by atoms with Gasteiger partial charge in [0.15, 0.2) is 5.36 Å². The fraction of sp³-hybridized carbons (Fsp3) is 0.364. The Bertz CT molecular complexity index is 1160. The molecule has 2 nitrogen and oxygen atoms in total. The first kappa shape index (κ1) is 26.0. The van der Waals surface area contributed by atoms with Crippen LogP contribution in [0, 0.1) is 0 Å². The van der Waals surface area contributed by atoms with E-state index in [0.717, 1.165) is 0 Å². The van der Waals surface area contributed by atoms with Gasteiger partial charge < -0.3 is 4.90 Å². The molecule has 0 amide bonds. The van der Waals surface area contributed by atoms with E-state index in [1.807, 2.05) is 0 Å². The van der Waals surface area contributed by atoms with Crippen LogP contribution >= 0.6 is 0 Å². The molecule has 0 radical (unpaired) electrons. The van der Waals surface area contributed by atoms with Gasteiger partial charge in [0.25, 0.3) is 0 Å². The molecule has 0 saturated heterocycles. The maximum Gasteiger partial charge on any atom is 0.188 e. The summed E-state index contributed by atoms with van der Waals surface area (Å²) in [5.41, 5.74) is 7.06. The summed E-state index contributed by atoms with van der Waals surface area (Å²) in [5, 5.41) is 1.44. The summed E-state index contributed by atoms with van der Waals surface area (Å²) in [6.45, 7) is 18.6. The highest BCUT2D eigenvalue weighted by Crippen LogP contribution is 2.24. The maximum absolute atomic E-state index is 2.65. The Morgan fingerprint density at radius 2 is 0.861 bits per heavy atom. The lowest BCUT2D eigenvalue weighted by molar-refractivity contribution is 0.429. The zero-order chi connectivity index (χ0) is 26.0. The SMILES string of the molecule is CC(C)N(c1c([B-](c2ccccc2)(c2ccccc2)c2ccccc2)c1=[N+](C(C)C)C(C)C)C(C)C. The van der Waals surface area contributed by atoms with E-state index in [-0.39, 0.29) is 0 Å². The van der Waals surface area contributed by atoms with Crippen molar-refractivity contribution in [3.8, 4) is 0 Å². The van der Waals surface area contributed by atoms with Crippen LogP contribution in [-0.2, 0) is 0 Å². The Hall–Kier alpha value is -3.07. The number of anilines is 1. The van der Waals surface area contributed by atoms with Crippen molar-refractivity contribution in [2.75, 3.05) is 4.90 Å². The minimum absolute atomic E-state index is 0.407. The molecule has 0 aliphatic rings. The summed E-state index contributed by atoms with van der Waals surface area (Å²) in [4.78, 5) is 2.65. The molecule has 0 atom stereocenters. The highest BCUT2D eigenvalue weighted by atomic mass is 15.2. The molecule has 4 aromatic carbocycles. The van der Waals surface area contributed by atoms with E-state index in [4.69, 9.17) is 0 Å². The molecule has 0 heterocycles. The molecule has 0 bridgehead atoms. The average molecular weight is 479 g/mol. The molecule has 4 rings (SSSR count). The van der Waals surface area contributed by atoms with E-state index in [1.165, 1.54) is 32.9 Å². The van der Waals surface area contributed by atoms with Gasteiger partial charge in [0.2, 0.25) is 0 Å². The van der Waals surface area contributed by atoms with Crippen molar-refractivity contribution in [1.29, 1.82) is 0 Å². The van der Waals surface area contributed by atoms with Crippen molar-refractivity contribution in [3.05, 3.63) is 96.4 Å². The molecule has 0 fully saturated rings. The van der Waals surface area contributed by atoms with Crippen molar-refractivity contribution >= 4 is 33.7 Å². The van der Waals surface area contributed by atoms with Gasteiger partial charge in [-0.15, -0.1) is 0 Å². The summed E-state index contributed by atoms with van der Waals surface area (Å²) < 4.78 is 2.65. The second kappa shape index (κ2) is 10.5. The monoisotopic (exact) mass is 478 g/mol. The highest BCUT2D eigenvalue weighted by Gasteiger charge is 2.46. The maximum atomic E-state index is 2.65. The van der Waals surface area contributed by atoms with Crippen LogP contribution in [0.1, 0.15) is 55.4 Å². The second-order valence-electron chi connectivity index (χ2n) is 11.4. The summed E-state index contributed by atoms with van der Waals surface area (Å²) in [5.74, 6) is 0. The normalized spacial score (nSPS) is 12.3. The summed E-state index contributed by atoms with van der Waals surface area (Å²) >= 11 is 0. The van der Waals surface area contributed by atoms with Gasteiger partial charge in [-0.3, -0.25) is 0 Å². The second-order valence-corrected chi connectivity index (χ2v) is 11.4. The van der Waals surface area contributed by atoms with Gasteiger partial charge in [-0.2, -0.15) is 16.4 Å². The quantitative estimate of drug-likeness (QED) is 0.259. The third-order valence-corrected chi connectivity index (χ3v) is 7.75. The van der Waals surface area contributed by atoms with Gasteiger partial charge in [0.05, 0.1) is 5.69 Å². The molecule has 3 heteroatoms. The molecule has 0 aliphatic carbocycles. The van der Waals surface area contributed by atoms with E-state index >= 15 is 0 Å². The van der Waals surface area contributed by atoms with E-state index < -0.39 is 6.15 Å². The third-order valence-electron chi connectivity index (χ3n) is 7.75. The van der Waals surface area contributed by atoms with Gasteiger partial charge in [-0.25, -0.2) is 4.58 Å². The largest absolute Gasteiger partial charge is 0.364 e. The van der Waals surface area contributed by atoms with Crippen molar-refractivity contribution in [2.24, 2.45) is 0 Å². The van der Waals surface area contributed by atoms with Crippen LogP contribution in [0.25, 0.3) is 0 Å². The van der Waals surface area contributed by atoms with E-state index in [9.17, 15) is 0 Å². The van der Waals surface area contributed by atoms with Crippen LogP contribution in [0.2, 0.25) is 0 Å². The van der Waals surface area contributed by atoms with Crippen LogP contribution in [0.4, 0.5) is 5.69 Å². The van der Waals surface area contributed by atoms with E-state index in [0.29, 0.717) is 24.2 Å². The predicted octanol–water partition coefficient (Wildman–Crippen LogP) is 4.15. The standard InChI is InChI=1S/C33H43BN2/c1-24(2)35(25(3)4)32-31(33(32)36(26(5)6)27(7)8)34(28-18-12-9-13-19-28,29-20-14-10-15-21-29)30-22-16-11-17-23-30/h9-27H,1-8H3. The molecule has 4 aromatic rings. The van der Waals surface area contributed by atoms with Crippen LogP contribution in [0.15, 0.2) is 91.0 Å². The zero-order valence-corrected chi connectivity index (χ0v) is 23.4. The molecule has 0 aromatic heterocycles. The summed E-state index contributed by atoms with van der Waals surface area (Å²) in [6.07, 6.45) is -1.38.